The number of hydrogen-bond donors (Lipinski definition) is 1. The highest BCUT2D eigenvalue weighted by Gasteiger charge is 2.16. The van der Waals surface area contributed by atoms with E-state index < -0.39 is 15.1 Å². The maximum Gasteiger partial charge on any atom is 0.268 e. The number of rotatable bonds is 6. The molecule has 0 aliphatic heterocycles. The molecule has 1 aromatic heterocycles. The van der Waals surface area contributed by atoms with E-state index in [2.05, 4.69) is 10.4 Å². The molecule has 0 saturated carbocycles. The minimum Gasteiger partial charge on any atom is -0.384 e. The fourth-order valence-corrected chi connectivity index (χ4v) is 2.25. The normalized spacial score (nSPS) is 11.8. The lowest BCUT2D eigenvalue weighted by atomic mass is 10.4. The Morgan fingerprint density at radius 2 is 2.11 bits per heavy atom. The lowest BCUT2D eigenvalue weighted by molar-refractivity contribution is 0.564. The summed E-state index contributed by atoms with van der Waals surface area (Å²) in [5.74, 6) is -0.0713. The van der Waals surface area contributed by atoms with Gasteiger partial charge in [-0.15, -0.1) is 0 Å². The summed E-state index contributed by atoms with van der Waals surface area (Å²) in [4.78, 5) is 11.7. The van der Waals surface area contributed by atoms with Crippen LogP contribution in [0.15, 0.2) is 17.1 Å². The molecule has 0 atom stereocenters. The summed E-state index contributed by atoms with van der Waals surface area (Å²) in [6.07, 6.45) is 1.52. The summed E-state index contributed by atoms with van der Waals surface area (Å²) >= 11 is 0. The molecule has 1 rings (SSSR count). The second-order valence-corrected chi connectivity index (χ2v) is 6.93. The molecule has 0 unspecified atom stereocenters. The van der Waals surface area contributed by atoms with E-state index in [-0.39, 0.29) is 17.9 Å². The number of aromatic nitrogens is 2. The minimum atomic E-state index is -3.15. The quantitative estimate of drug-likeness (QED) is 0.816. The van der Waals surface area contributed by atoms with Gasteiger partial charge in [0.15, 0.2) is 9.84 Å². The third-order valence-corrected chi connectivity index (χ3v) is 4.74. The van der Waals surface area contributed by atoms with Crippen LogP contribution in [0.4, 0.5) is 5.69 Å². The molecule has 0 radical (unpaired) electrons. The van der Waals surface area contributed by atoms with Crippen LogP contribution >= 0.6 is 0 Å². The van der Waals surface area contributed by atoms with Crippen LogP contribution in [0.1, 0.15) is 20.8 Å². The fraction of sp³-hybridized carbons (Fsp3) is 0.636. The van der Waals surface area contributed by atoms with Crippen molar-refractivity contribution < 1.29 is 8.42 Å². The molecule has 0 amide bonds. The van der Waals surface area contributed by atoms with Crippen LogP contribution < -0.4 is 10.9 Å². The van der Waals surface area contributed by atoms with Crippen LogP contribution in [0, 0.1) is 0 Å². The van der Waals surface area contributed by atoms with E-state index in [1.807, 2.05) is 6.92 Å². The van der Waals surface area contributed by atoms with Crippen molar-refractivity contribution >= 4 is 15.5 Å². The smallest absolute Gasteiger partial charge is 0.268 e. The number of hydrogen-bond acceptors (Lipinski definition) is 5. The zero-order valence-corrected chi connectivity index (χ0v) is 11.7. The first kappa shape index (κ1) is 14.7. The first-order valence-electron chi connectivity index (χ1n) is 5.89. The summed E-state index contributed by atoms with van der Waals surface area (Å²) in [5, 5.41) is 6.47. The Balaban J connectivity index is 2.78. The number of sulfone groups is 1. The molecule has 102 valence electrons. The van der Waals surface area contributed by atoms with E-state index in [0.717, 1.165) is 0 Å². The highest BCUT2D eigenvalue weighted by atomic mass is 32.2. The predicted molar refractivity (Wildman–Crippen MR) is 71.6 cm³/mol. The number of nitrogens with one attached hydrogen (secondary N) is 1. The predicted octanol–water partition coefficient (Wildman–Crippen LogP) is 0.498. The van der Waals surface area contributed by atoms with Crippen LogP contribution in [0.25, 0.3) is 0 Å². The van der Waals surface area contributed by atoms with Crippen LogP contribution in [0.2, 0.25) is 0 Å². The van der Waals surface area contributed by atoms with Crippen molar-refractivity contribution in [2.45, 2.75) is 32.6 Å². The van der Waals surface area contributed by atoms with Gasteiger partial charge in [0.25, 0.3) is 5.56 Å². The van der Waals surface area contributed by atoms with E-state index in [1.165, 1.54) is 16.9 Å². The molecule has 0 spiro atoms. The maximum atomic E-state index is 11.7. The molecule has 18 heavy (non-hydrogen) atoms. The lowest BCUT2D eigenvalue weighted by Gasteiger charge is -2.09. The number of anilines is 1. The first-order chi connectivity index (χ1) is 8.36. The molecule has 1 aromatic rings. The minimum absolute atomic E-state index is 0.0713. The van der Waals surface area contributed by atoms with Crippen LogP contribution in [-0.4, -0.2) is 35.7 Å². The Hall–Kier alpha value is -1.37. The monoisotopic (exact) mass is 273 g/mol. The summed E-state index contributed by atoms with van der Waals surface area (Å²) in [5.41, 5.74) is 0.345. The van der Waals surface area contributed by atoms with Crippen molar-refractivity contribution in [2.24, 2.45) is 0 Å². The van der Waals surface area contributed by atoms with Gasteiger partial charge in [-0.1, -0.05) is 0 Å². The molecule has 0 aliphatic carbocycles. The van der Waals surface area contributed by atoms with E-state index in [1.54, 1.807) is 13.8 Å². The van der Waals surface area contributed by atoms with Gasteiger partial charge in [-0.25, -0.2) is 13.1 Å². The third-order valence-electron chi connectivity index (χ3n) is 2.56. The van der Waals surface area contributed by atoms with E-state index in [0.29, 0.717) is 12.2 Å². The molecular weight excluding hydrogens is 254 g/mol. The van der Waals surface area contributed by atoms with Gasteiger partial charge in [-0.3, -0.25) is 4.79 Å². The van der Waals surface area contributed by atoms with Gasteiger partial charge in [-0.05, 0) is 20.8 Å². The molecule has 0 aliphatic rings. The molecule has 6 nitrogen and oxygen atoms in total. The van der Waals surface area contributed by atoms with Crippen molar-refractivity contribution in [1.29, 1.82) is 0 Å². The Kier molecular flexibility index (Phi) is 4.89. The van der Waals surface area contributed by atoms with Crippen molar-refractivity contribution in [3.63, 3.8) is 0 Å². The summed E-state index contributed by atoms with van der Waals surface area (Å²) in [6.45, 7) is 5.96. The Morgan fingerprint density at radius 3 is 2.61 bits per heavy atom. The molecule has 0 aromatic carbocycles. The fourth-order valence-electron chi connectivity index (χ4n) is 1.35. The van der Waals surface area contributed by atoms with Gasteiger partial charge in [0.2, 0.25) is 0 Å². The largest absolute Gasteiger partial charge is 0.384 e. The molecule has 0 bridgehead atoms. The summed E-state index contributed by atoms with van der Waals surface area (Å²) in [6, 6.07) is 1.42. The van der Waals surface area contributed by atoms with E-state index >= 15 is 0 Å². The highest BCUT2D eigenvalue weighted by molar-refractivity contribution is 7.91. The molecular formula is C11H19N3O3S. The Bertz CT molecular complexity index is 549. The van der Waals surface area contributed by atoms with Gasteiger partial charge >= 0.3 is 0 Å². The van der Waals surface area contributed by atoms with Gasteiger partial charge in [0, 0.05) is 12.6 Å². The molecule has 0 fully saturated rings. The van der Waals surface area contributed by atoms with Crippen LogP contribution in [0.3, 0.4) is 0 Å². The highest BCUT2D eigenvalue weighted by Crippen LogP contribution is 2.02. The van der Waals surface area contributed by atoms with E-state index in [4.69, 9.17) is 0 Å². The standard InChI is InChI=1S/C11H19N3O3S/c1-4-12-10-7-11(15)14(13-8-10)5-6-18(16,17)9(2)3/h7-9,12H,4-6H2,1-3H3. The number of nitrogens with zero attached hydrogens (tertiary/aromatic N) is 2. The average Bonchev–Trinajstić information content (AvgIpc) is 2.28. The van der Waals surface area contributed by atoms with Gasteiger partial charge in [0.05, 0.1) is 29.4 Å². The van der Waals surface area contributed by atoms with Crippen molar-refractivity contribution in [1.82, 2.24) is 9.78 Å². The zero-order valence-electron chi connectivity index (χ0n) is 10.9. The second kappa shape index (κ2) is 5.99. The van der Waals surface area contributed by atoms with Crippen molar-refractivity contribution in [2.75, 3.05) is 17.6 Å². The van der Waals surface area contributed by atoms with E-state index in [9.17, 15) is 13.2 Å². The maximum absolute atomic E-state index is 11.7. The molecule has 7 heteroatoms. The number of aryl methyl sites for hydroxylation is 1. The SMILES string of the molecule is CCNc1cnn(CCS(=O)(=O)C(C)C)c(=O)c1. The molecule has 0 saturated heterocycles. The topological polar surface area (TPSA) is 81.1 Å². The molecule has 1 heterocycles. The van der Waals surface area contributed by atoms with Gasteiger partial charge in [0.1, 0.15) is 0 Å². The average molecular weight is 273 g/mol. The Morgan fingerprint density at radius 1 is 1.44 bits per heavy atom. The lowest BCUT2D eigenvalue weighted by Crippen LogP contribution is -2.28. The zero-order chi connectivity index (χ0) is 13.8. The van der Waals surface area contributed by atoms with Gasteiger partial charge < -0.3 is 5.32 Å². The molecule has 1 N–H and O–H groups in total. The summed E-state index contributed by atoms with van der Waals surface area (Å²) in [7, 11) is -3.15. The second-order valence-electron chi connectivity index (χ2n) is 4.25. The van der Waals surface area contributed by atoms with Crippen molar-refractivity contribution in [3.05, 3.63) is 22.6 Å². The Labute approximate surface area is 107 Å². The first-order valence-corrected chi connectivity index (χ1v) is 7.61. The van der Waals surface area contributed by atoms with Crippen LogP contribution in [-0.2, 0) is 16.4 Å². The summed E-state index contributed by atoms with van der Waals surface area (Å²) < 4.78 is 24.4. The van der Waals surface area contributed by atoms with Crippen molar-refractivity contribution in [3.8, 4) is 0 Å². The van der Waals surface area contributed by atoms with Crippen LogP contribution in [0.5, 0.6) is 0 Å². The third kappa shape index (κ3) is 3.83. The van der Waals surface area contributed by atoms with Gasteiger partial charge in [-0.2, -0.15) is 5.10 Å².